The number of hydrogen-bond donors (Lipinski definition) is 1. The molecule has 0 unspecified atom stereocenters. The molecule has 0 radical (unpaired) electrons. The van der Waals surface area contributed by atoms with Crippen LogP contribution in [0.3, 0.4) is 0 Å². The summed E-state index contributed by atoms with van der Waals surface area (Å²) in [6.07, 6.45) is 2.69. The van der Waals surface area contributed by atoms with Crippen LogP contribution >= 0.6 is 11.6 Å². The van der Waals surface area contributed by atoms with Crippen molar-refractivity contribution in [2.75, 3.05) is 5.32 Å². The van der Waals surface area contributed by atoms with Crippen LogP contribution in [0.25, 0.3) is 0 Å². The number of ether oxygens (including phenoxy) is 1. The standard InChI is InChI=1S/C13H10ClN3O2/c1-2-11(18)16-9-4-3-5-10(8-9)19-12-6-7-15-13(14)17-12/h2-8H,1H2,(H,16,18). The largest absolute Gasteiger partial charge is 0.439 e. The van der Waals surface area contributed by atoms with Gasteiger partial charge in [-0.25, -0.2) is 4.98 Å². The molecule has 1 N–H and O–H groups in total. The molecule has 96 valence electrons. The zero-order chi connectivity index (χ0) is 13.7. The first-order chi connectivity index (χ1) is 9.17. The number of nitrogens with zero attached hydrogens (tertiary/aromatic N) is 2. The molecular formula is C13H10ClN3O2. The first kappa shape index (κ1) is 13.0. The lowest BCUT2D eigenvalue weighted by Crippen LogP contribution is -2.06. The summed E-state index contributed by atoms with van der Waals surface area (Å²) in [5.41, 5.74) is 0.600. The number of aromatic nitrogens is 2. The highest BCUT2D eigenvalue weighted by Gasteiger charge is 2.02. The third kappa shape index (κ3) is 3.79. The Balaban J connectivity index is 2.15. The third-order valence-corrected chi connectivity index (χ3v) is 2.29. The van der Waals surface area contributed by atoms with Crippen LogP contribution in [0.5, 0.6) is 11.6 Å². The summed E-state index contributed by atoms with van der Waals surface area (Å²) in [6.45, 7) is 3.38. The Morgan fingerprint density at radius 2 is 2.26 bits per heavy atom. The van der Waals surface area contributed by atoms with Crippen LogP contribution in [0.4, 0.5) is 5.69 Å². The Morgan fingerprint density at radius 3 is 3.00 bits per heavy atom. The van der Waals surface area contributed by atoms with E-state index in [-0.39, 0.29) is 11.2 Å². The van der Waals surface area contributed by atoms with E-state index in [9.17, 15) is 4.79 Å². The Kier molecular flexibility index (Phi) is 4.10. The van der Waals surface area contributed by atoms with E-state index in [1.807, 2.05) is 0 Å². The van der Waals surface area contributed by atoms with Gasteiger partial charge in [0.05, 0.1) is 0 Å². The minimum absolute atomic E-state index is 0.105. The summed E-state index contributed by atoms with van der Waals surface area (Å²) >= 11 is 5.66. The van der Waals surface area contributed by atoms with Crippen LogP contribution in [0.15, 0.2) is 49.2 Å². The molecule has 6 heteroatoms. The van der Waals surface area contributed by atoms with Gasteiger partial charge in [0.2, 0.25) is 17.1 Å². The lowest BCUT2D eigenvalue weighted by Gasteiger charge is -2.07. The molecule has 2 aromatic rings. The van der Waals surface area contributed by atoms with Crippen LogP contribution in [0.2, 0.25) is 5.28 Å². The lowest BCUT2D eigenvalue weighted by atomic mass is 10.3. The molecule has 0 atom stereocenters. The quantitative estimate of drug-likeness (QED) is 0.688. The fourth-order valence-corrected chi connectivity index (χ4v) is 1.47. The fraction of sp³-hybridized carbons (Fsp3) is 0. The smallest absolute Gasteiger partial charge is 0.247 e. The zero-order valence-electron chi connectivity index (χ0n) is 9.84. The second-order valence-corrected chi connectivity index (χ2v) is 3.83. The Hall–Kier alpha value is -2.40. The van der Waals surface area contributed by atoms with E-state index < -0.39 is 0 Å². The van der Waals surface area contributed by atoms with Crippen LogP contribution in [-0.4, -0.2) is 15.9 Å². The Bertz CT molecular complexity index is 616. The molecule has 1 aromatic carbocycles. The average Bonchev–Trinajstić information content (AvgIpc) is 2.39. The molecule has 0 aliphatic rings. The highest BCUT2D eigenvalue weighted by atomic mass is 35.5. The van der Waals surface area contributed by atoms with Gasteiger partial charge >= 0.3 is 0 Å². The van der Waals surface area contributed by atoms with Crippen molar-refractivity contribution in [2.45, 2.75) is 0 Å². The zero-order valence-corrected chi connectivity index (χ0v) is 10.6. The van der Waals surface area contributed by atoms with Crippen molar-refractivity contribution in [3.05, 3.63) is 54.5 Å². The molecule has 5 nitrogen and oxygen atoms in total. The number of amides is 1. The topological polar surface area (TPSA) is 64.1 Å². The van der Waals surface area contributed by atoms with E-state index in [1.165, 1.54) is 12.3 Å². The minimum atomic E-state index is -0.290. The van der Waals surface area contributed by atoms with Crippen LogP contribution in [-0.2, 0) is 4.79 Å². The molecule has 0 spiro atoms. The van der Waals surface area contributed by atoms with Crippen LogP contribution in [0.1, 0.15) is 0 Å². The van der Waals surface area contributed by atoms with E-state index in [4.69, 9.17) is 16.3 Å². The molecule has 19 heavy (non-hydrogen) atoms. The molecule has 0 aliphatic heterocycles. The van der Waals surface area contributed by atoms with Gasteiger partial charge in [0.15, 0.2) is 0 Å². The van der Waals surface area contributed by atoms with E-state index in [2.05, 4.69) is 21.9 Å². The maximum absolute atomic E-state index is 11.2. The maximum atomic E-state index is 11.2. The lowest BCUT2D eigenvalue weighted by molar-refractivity contribution is -0.111. The van der Waals surface area contributed by atoms with Gasteiger partial charge in [-0.1, -0.05) is 12.6 Å². The highest BCUT2D eigenvalue weighted by molar-refractivity contribution is 6.28. The van der Waals surface area contributed by atoms with Gasteiger partial charge in [-0.05, 0) is 29.8 Å². The summed E-state index contributed by atoms with van der Waals surface area (Å²) in [6, 6.07) is 8.47. The van der Waals surface area contributed by atoms with Crippen molar-refractivity contribution in [1.29, 1.82) is 0 Å². The fourth-order valence-electron chi connectivity index (χ4n) is 1.33. The Morgan fingerprint density at radius 1 is 1.42 bits per heavy atom. The number of benzene rings is 1. The van der Waals surface area contributed by atoms with E-state index in [0.29, 0.717) is 17.3 Å². The van der Waals surface area contributed by atoms with E-state index in [0.717, 1.165) is 0 Å². The number of halogens is 1. The Labute approximate surface area is 114 Å². The van der Waals surface area contributed by atoms with Crippen molar-refractivity contribution in [1.82, 2.24) is 9.97 Å². The molecule has 0 saturated heterocycles. The van der Waals surface area contributed by atoms with Crippen LogP contribution < -0.4 is 10.1 Å². The molecule has 0 aliphatic carbocycles. The third-order valence-electron chi connectivity index (χ3n) is 2.11. The normalized spacial score (nSPS) is 9.74. The van der Waals surface area contributed by atoms with Crippen molar-refractivity contribution < 1.29 is 9.53 Å². The predicted octanol–water partition coefficient (Wildman–Crippen LogP) is 3.05. The van der Waals surface area contributed by atoms with Gasteiger partial charge in [0.1, 0.15) is 5.75 Å². The molecule has 1 aromatic heterocycles. The van der Waals surface area contributed by atoms with Gasteiger partial charge in [0, 0.05) is 24.0 Å². The van der Waals surface area contributed by atoms with Crippen molar-refractivity contribution in [3.8, 4) is 11.6 Å². The summed E-state index contributed by atoms with van der Waals surface area (Å²) in [4.78, 5) is 18.8. The van der Waals surface area contributed by atoms with Crippen molar-refractivity contribution >= 4 is 23.2 Å². The first-order valence-electron chi connectivity index (χ1n) is 5.37. The predicted molar refractivity (Wildman–Crippen MR) is 72.4 cm³/mol. The van der Waals surface area contributed by atoms with Gasteiger partial charge in [-0.15, -0.1) is 0 Å². The summed E-state index contributed by atoms with van der Waals surface area (Å²) < 4.78 is 5.50. The summed E-state index contributed by atoms with van der Waals surface area (Å²) in [7, 11) is 0. The van der Waals surface area contributed by atoms with E-state index >= 15 is 0 Å². The molecule has 0 fully saturated rings. The van der Waals surface area contributed by atoms with Crippen molar-refractivity contribution in [2.24, 2.45) is 0 Å². The van der Waals surface area contributed by atoms with Crippen molar-refractivity contribution in [3.63, 3.8) is 0 Å². The van der Waals surface area contributed by atoms with Crippen LogP contribution in [0, 0.1) is 0 Å². The number of carbonyl (C=O) groups excluding carboxylic acids is 1. The molecule has 2 rings (SSSR count). The number of rotatable bonds is 4. The second-order valence-electron chi connectivity index (χ2n) is 3.49. The monoisotopic (exact) mass is 275 g/mol. The molecule has 1 heterocycles. The number of hydrogen-bond acceptors (Lipinski definition) is 4. The molecule has 0 saturated carbocycles. The second kappa shape index (κ2) is 5.97. The summed E-state index contributed by atoms with van der Waals surface area (Å²) in [5, 5.41) is 2.74. The average molecular weight is 276 g/mol. The SMILES string of the molecule is C=CC(=O)Nc1cccc(Oc2ccnc(Cl)n2)c1. The number of nitrogens with one attached hydrogen (secondary N) is 1. The maximum Gasteiger partial charge on any atom is 0.247 e. The number of anilines is 1. The summed E-state index contributed by atoms with van der Waals surface area (Å²) in [5.74, 6) is 0.561. The number of carbonyl (C=O) groups is 1. The molecule has 0 bridgehead atoms. The first-order valence-corrected chi connectivity index (χ1v) is 5.75. The minimum Gasteiger partial charge on any atom is -0.439 e. The van der Waals surface area contributed by atoms with Gasteiger partial charge in [0.25, 0.3) is 0 Å². The van der Waals surface area contributed by atoms with E-state index in [1.54, 1.807) is 30.3 Å². The molecule has 1 amide bonds. The van der Waals surface area contributed by atoms with Gasteiger partial charge in [-0.2, -0.15) is 4.98 Å². The van der Waals surface area contributed by atoms with Gasteiger partial charge < -0.3 is 10.1 Å². The highest BCUT2D eigenvalue weighted by Crippen LogP contribution is 2.23. The molecular weight excluding hydrogens is 266 g/mol. The van der Waals surface area contributed by atoms with Gasteiger partial charge in [-0.3, -0.25) is 4.79 Å².